The second kappa shape index (κ2) is 4.33. The molecule has 0 unspecified atom stereocenters. The third-order valence-corrected chi connectivity index (χ3v) is 1.01. The van der Waals surface area contributed by atoms with E-state index in [-0.39, 0.29) is 40.9 Å². The largest absolute Gasteiger partial charge is 0.506 e. The van der Waals surface area contributed by atoms with Crippen LogP contribution < -0.4 is 5.73 Å². The fourth-order valence-electron chi connectivity index (χ4n) is 0.563. The van der Waals surface area contributed by atoms with Crippen LogP contribution in [0, 0.1) is 0 Å². The molecule has 0 atom stereocenters. The molecule has 0 aliphatic carbocycles. The summed E-state index contributed by atoms with van der Waals surface area (Å²) in [6.45, 7) is 0. The molecular formula is C6H6N2NaO2. The molecule has 11 heavy (non-hydrogen) atoms. The number of pyridine rings is 1. The Bertz CT molecular complexity index is 265. The Labute approximate surface area is 85.7 Å². The molecule has 5 heteroatoms. The first-order valence-corrected chi connectivity index (χ1v) is 2.64. The van der Waals surface area contributed by atoms with E-state index in [1.165, 1.54) is 18.5 Å². The van der Waals surface area contributed by atoms with Crippen molar-refractivity contribution in [3.8, 4) is 5.75 Å². The monoisotopic (exact) mass is 161 g/mol. The summed E-state index contributed by atoms with van der Waals surface area (Å²) in [7, 11) is 0. The molecule has 53 valence electrons. The Morgan fingerprint density at radius 1 is 1.55 bits per heavy atom. The zero-order chi connectivity index (χ0) is 7.56. The fraction of sp³-hybridized carbons (Fsp3) is 0. The van der Waals surface area contributed by atoms with Gasteiger partial charge in [0.1, 0.15) is 5.75 Å². The van der Waals surface area contributed by atoms with Crippen LogP contribution in [0.25, 0.3) is 0 Å². The van der Waals surface area contributed by atoms with E-state index < -0.39 is 5.91 Å². The molecule has 0 aliphatic rings. The molecule has 0 aromatic carbocycles. The van der Waals surface area contributed by atoms with Gasteiger partial charge in [0.05, 0.1) is 11.8 Å². The van der Waals surface area contributed by atoms with Crippen molar-refractivity contribution in [3.63, 3.8) is 0 Å². The van der Waals surface area contributed by atoms with Gasteiger partial charge in [-0.05, 0) is 6.07 Å². The Hall–Kier alpha value is -0.580. The average molecular weight is 161 g/mol. The molecule has 1 heterocycles. The van der Waals surface area contributed by atoms with Gasteiger partial charge in [-0.1, -0.05) is 0 Å². The van der Waals surface area contributed by atoms with Gasteiger partial charge in [0.15, 0.2) is 0 Å². The molecule has 0 aliphatic heterocycles. The van der Waals surface area contributed by atoms with Crippen LogP contribution in [0.4, 0.5) is 0 Å². The Balaban J connectivity index is 0.000001000. The third-order valence-electron chi connectivity index (χ3n) is 1.01. The average Bonchev–Trinajstić information content (AvgIpc) is 1.88. The molecule has 0 fully saturated rings. The van der Waals surface area contributed by atoms with Crippen LogP contribution >= 0.6 is 0 Å². The number of aromatic nitrogens is 1. The molecule has 1 aromatic rings. The maximum Gasteiger partial charge on any atom is 0.250 e. The summed E-state index contributed by atoms with van der Waals surface area (Å²) in [6, 6.07) is 1.26. The van der Waals surface area contributed by atoms with Crippen LogP contribution in [0.15, 0.2) is 18.5 Å². The minimum absolute atomic E-state index is 0. The van der Waals surface area contributed by atoms with Gasteiger partial charge in [-0.15, -0.1) is 0 Å². The van der Waals surface area contributed by atoms with Gasteiger partial charge in [-0.25, -0.2) is 0 Å². The van der Waals surface area contributed by atoms with Crippen molar-refractivity contribution in [2.45, 2.75) is 0 Å². The quantitative estimate of drug-likeness (QED) is 0.545. The topological polar surface area (TPSA) is 76.2 Å². The Morgan fingerprint density at radius 2 is 2.18 bits per heavy atom. The molecule has 0 saturated carbocycles. The SMILES string of the molecule is NC(=O)c1cncc(O)c1.[Na]. The molecule has 4 nitrogen and oxygen atoms in total. The Morgan fingerprint density at radius 3 is 2.55 bits per heavy atom. The normalized spacial score (nSPS) is 8.36. The van der Waals surface area contributed by atoms with Crippen LogP contribution in [-0.2, 0) is 0 Å². The van der Waals surface area contributed by atoms with E-state index in [0.29, 0.717) is 0 Å². The summed E-state index contributed by atoms with van der Waals surface area (Å²) in [5.74, 6) is -0.653. The smallest absolute Gasteiger partial charge is 0.250 e. The first kappa shape index (κ1) is 10.4. The van der Waals surface area contributed by atoms with Crippen molar-refractivity contribution in [2.24, 2.45) is 5.73 Å². The van der Waals surface area contributed by atoms with Gasteiger partial charge in [-0.2, -0.15) is 0 Å². The Kier molecular flexibility index (Phi) is 4.10. The molecular weight excluding hydrogens is 155 g/mol. The number of nitrogens with zero attached hydrogens (tertiary/aromatic N) is 1. The van der Waals surface area contributed by atoms with E-state index in [9.17, 15) is 4.79 Å². The summed E-state index contributed by atoms with van der Waals surface area (Å²) >= 11 is 0. The summed E-state index contributed by atoms with van der Waals surface area (Å²) < 4.78 is 0. The molecule has 0 saturated heterocycles. The number of amides is 1. The van der Waals surface area contributed by atoms with Crippen molar-refractivity contribution >= 4 is 35.5 Å². The number of carbonyl (C=O) groups excluding carboxylic acids is 1. The van der Waals surface area contributed by atoms with Crippen LogP contribution in [0.3, 0.4) is 0 Å². The molecule has 1 amide bonds. The number of carbonyl (C=O) groups is 1. The van der Waals surface area contributed by atoms with Crippen molar-refractivity contribution in [3.05, 3.63) is 24.0 Å². The number of rotatable bonds is 1. The third kappa shape index (κ3) is 2.88. The van der Waals surface area contributed by atoms with Crippen molar-refractivity contribution in [1.82, 2.24) is 4.98 Å². The maximum atomic E-state index is 10.4. The van der Waals surface area contributed by atoms with Crippen molar-refractivity contribution in [1.29, 1.82) is 0 Å². The second-order valence-corrected chi connectivity index (χ2v) is 1.80. The first-order chi connectivity index (χ1) is 4.70. The summed E-state index contributed by atoms with van der Waals surface area (Å²) in [5.41, 5.74) is 5.10. The summed E-state index contributed by atoms with van der Waals surface area (Å²) in [5, 5.41) is 8.79. The molecule has 1 rings (SSSR count). The molecule has 1 aromatic heterocycles. The predicted molar refractivity (Wildman–Crippen MR) is 40.2 cm³/mol. The molecule has 0 spiro atoms. The summed E-state index contributed by atoms with van der Waals surface area (Å²) in [6.07, 6.45) is 2.52. The van der Waals surface area contributed by atoms with Gasteiger partial charge in [0.25, 0.3) is 0 Å². The van der Waals surface area contributed by atoms with Crippen LogP contribution in [-0.4, -0.2) is 45.6 Å². The minimum atomic E-state index is -0.594. The number of hydrogen-bond donors (Lipinski definition) is 2. The maximum absolute atomic E-state index is 10.4. The zero-order valence-corrected chi connectivity index (χ0v) is 8.11. The van der Waals surface area contributed by atoms with Crippen molar-refractivity contribution in [2.75, 3.05) is 0 Å². The summed E-state index contributed by atoms with van der Waals surface area (Å²) in [4.78, 5) is 14.0. The standard InChI is InChI=1S/C6H6N2O2.Na/c7-6(10)4-1-5(9)3-8-2-4;/h1-3,9H,(H2,7,10);. The molecule has 0 bridgehead atoms. The van der Waals surface area contributed by atoms with E-state index >= 15 is 0 Å². The number of hydrogen-bond acceptors (Lipinski definition) is 3. The van der Waals surface area contributed by atoms with Gasteiger partial charge in [-0.3, -0.25) is 9.78 Å². The first-order valence-electron chi connectivity index (χ1n) is 2.64. The van der Waals surface area contributed by atoms with E-state index in [1.807, 2.05) is 0 Å². The van der Waals surface area contributed by atoms with Gasteiger partial charge < -0.3 is 10.8 Å². The van der Waals surface area contributed by atoms with Crippen LogP contribution in [0.2, 0.25) is 0 Å². The second-order valence-electron chi connectivity index (χ2n) is 1.80. The number of aromatic hydroxyl groups is 1. The molecule has 1 radical (unpaired) electrons. The van der Waals surface area contributed by atoms with E-state index in [1.54, 1.807) is 0 Å². The number of primary amides is 1. The minimum Gasteiger partial charge on any atom is -0.506 e. The van der Waals surface area contributed by atoms with Gasteiger partial charge in [0.2, 0.25) is 5.91 Å². The van der Waals surface area contributed by atoms with Crippen LogP contribution in [0.1, 0.15) is 10.4 Å². The van der Waals surface area contributed by atoms with Gasteiger partial charge in [0, 0.05) is 35.8 Å². The van der Waals surface area contributed by atoms with E-state index in [2.05, 4.69) is 4.98 Å². The predicted octanol–water partition coefficient (Wildman–Crippen LogP) is -0.495. The molecule has 3 N–H and O–H groups in total. The van der Waals surface area contributed by atoms with E-state index in [0.717, 1.165) is 0 Å². The zero-order valence-electron chi connectivity index (χ0n) is 6.11. The van der Waals surface area contributed by atoms with Gasteiger partial charge >= 0.3 is 0 Å². The fourth-order valence-corrected chi connectivity index (χ4v) is 0.563. The van der Waals surface area contributed by atoms with E-state index in [4.69, 9.17) is 10.8 Å². The van der Waals surface area contributed by atoms with Crippen LogP contribution in [0.5, 0.6) is 5.75 Å². The van der Waals surface area contributed by atoms with Crippen molar-refractivity contribution < 1.29 is 9.90 Å². The number of nitrogens with two attached hydrogens (primary N) is 1.